The summed E-state index contributed by atoms with van der Waals surface area (Å²) in [6.45, 7) is 0. The number of aromatic nitrogens is 1. The van der Waals surface area contributed by atoms with Gasteiger partial charge in [0, 0.05) is 0 Å². The maximum atomic E-state index is 12.7. The Morgan fingerprint density at radius 1 is 1.50 bits per heavy atom. The largest absolute Gasteiger partial charge is 0.489 e. The molecule has 0 radical (unpaired) electrons. The summed E-state index contributed by atoms with van der Waals surface area (Å²) in [6, 6.07) is 0.719. The minimum Gasteiger partial charge on any atom is -0.489 e. The van der Waals surface area contributed by atoms with E-state index >= 15 is 0 Å². The number of pyridine rings is 1. The van der Waals surface area contributed by atoms with E-state index in [9.17, 15) is 23.7 Å². The number of alkyl halides is 2. The van der Waals surface area contributed by atoms with Gasteiger partial charge in [-0.3, -0.25) is 10.1 Å². The Labute approximate surface area is 99.5 Å². The highest BCUT2D eigenvalue weighted by Crippen LogP contribution is 2.35. The summed E-state index contributed by atoms with van der Waals surface area (Å²) in [4.78, 5) is 24.2. The molecule has 0 spiro atoms. The van der Waals surface area contributed by atoms with Crippen molar-refractivity contribution in [2.45, 2.75) is 6.43 Å². The molecule has 0 amide bonds. The lowest BCUT2D eigenvalue weighted by Gasteiger charge is -2.08. The Morgan fingerprint density at radius 2 is 2.11 bits per heavy atom. The van der Waals surface area contributed by atoms with Crippen molar-refractivity contribution >= 4 is 11.7 Å². The molecule has 0 unspecified atom stereocenters. The molecule has 18 heavy (non-hydrogen) atoms. The number of rotatable bonds is 4. The van der Waals surface area contributed by atoms with Gasteiger partial charge in [0.1, 0.15) is 0 Å². The second-order valence-electron chi connectivity index (χ2n) is 2.99. The molecule has 1 heterocycles. The summed E-state index contributed by atoms with van der Waals surface area (Å²) < 4.78 is 34.2. The maximum Gasteiger partial charge on any atom is 0.356 e. The predicted octanol–water partition coefficient (Wildman–Crippen LogP) is 1.72. The summed E-state index contributed by atoms with van der Waals surface area (Å²) in [5, 5.41) is 10.7. The molecule has 9 heteroatoms. The lowest BCUT2D eigenvalue weighted by atomic mass is 10.2. The van der Waals surface area contributed by atoms with E-state index in [2.05, 4.69) is 14.5 Å². The van der Waals surface area contributed by atoms with Crippen LogP contribution >= 0.6 is 0 Å². The Hall–Kier alpha value is -2.32. The molecule has 0 N–H and O–H groups in total. The first kappa shape index (κ1) is 13.7. The first-order chi connectivity index (χ1) is 8.42. The third-order valence-electron chi connectivity index (χ3n) is 1.98. The molecule has 0 saturated heterocycles. The zero-order valence-electron chi connectivity index (χ0n) is 9.35. The van der Waals surface area contributed by atoms with Crippen LogP contribution in [-0.4, -0.2) is 30.1 Å². The topological polar surface area (TPSA) is 91.6 Å². The van der Waals surface area contributed by atoms with Gasteiger partial charge in [-0.25, -0.2) is 18.6 Å². The van der Waals surface area contributed by atoms with Crippen LogP contribution in [0.3, 0.4) is 0 Å². The number of nitrogens with zero attached hydrogens (tertiary/aromatic N) is 2. The second-order valence-corrected chi connectivity index (χ2v) is 2.99. The smallest absolute Gasteiger partial charge is 0.356 e. The monoisotopic (exact) mass is 262 g/mol. The van der Waals surface area contributed by atoms with Gasteiger partial charge in [0.2, 0.25) is 5.75 Å². The highest BCUT2D eigenvalue weighted by atomic mass is 19.3. The third kappa shape index (κ3) is 2.50. The molecule has 0 saturated carbocycles. The van der Waals surface area contributed by atoms with Gasteiger partial charge in [0.25, 0.3) is 6.43 Å². The molecule has 0 atom stereocenters. The Morgan fingerprint density at radius 3 is 2.50 bits per heavy atom. The van der Waals surface area contributed by atoms with Gasteiger partial charge in [0.05, 0.1) is 25.2 Å². The van der Waals surface area contributed by atoms with Crippen molar-refractivity contribution in [2.24, 2.45) is 0 Å². The van der Waals surface area contributed by atoms with Crippen molar-refractivity contribution in [1.29, 1.82) is 0 Å². The van der Waals surface area contributed by atoms with Gasteiger partial charge in [0.15, 0.2) is 11.4 Å². The number of carbonyl (C=O) groups excluding carboxylic acids is 1. The summed E-state index contributed by atoms with van der Waals surface area (Å²) in [5.74, 6) is -1.73. The van der Waals surface area contributed by atoms with Gasteiger partial charge >= 0.3 is 11.7 Å². The molecule has 0 aliphatic carbocycles. The molecule has 7 nitrogen and oxygen atoms in total. The average Bonchev–Trinajstić information content (AvgIpc) is 2.35. The summed E-state index contributed by atoms with van der Waals surface area (Å²) in [6.07, 6.45) is -3.12. The normalized spacial score (nSPS) is 10.3. The summed E-state index contributed by atoms with van der Waals surface area (Å²) in [5.41, 5.74) is -2.34. The number of hydrogen-bond donors (Lipinski definition) is 0. The first-order valence-corrected chi connectivity index (χ1v) is 4.52. The molecule has 0 fully saturated rings. The van der Waals surface area contributed by atoms with Crippen molar-refractivity contribution < 1.29 is 28.0 Å². The van der Waals surface area contributed by atoms with Gasteiger partial charge in [-0.1, -0.05) is 0 Å². The van der Waals surface area contributed by atoms with E-state index < -0.39 is 40.1 Å². The molecule has 1 aromatic heterocycles. The summed E-state index contributed by atoms with van der Waals surface area (Å²) in [7, 11) is 2.00. The number of nitro groups is 1. The zero-order valence-corrected chi connectivity index (χ0v) is 9.35. The maximum absolute atomic E-state index is 12.7. The highest BCUT2D eigenvalue weighted by molar-refractivity contribution is 5.88. The predicted molar refractivity (Wildman–Crippen MR) is 53.7 cm³/mol. The van der Waals surface area contributed by atoms with Crippen LogP contribution in [0.4, 0.5) is 14.5 Å². The van der Waals surface area contributed by atoms with E-state index in [0.29, 0.717) is 0 Å². The van der Waals surface area contributed by atoms with E-state index in [4.69, 9.17) is 0 Å². The van der Waals surface area contributed by atoms with Crippen molar-refractivity contribution in [1.82, 2.24) is 4.98 Å². The second kappa shape index (κ2) is 5.34. The molecule has 0 bridgehead atoms. The van der Waals surface area contributed by atoms with E-state index in [1.807, 2.05) is 0 Å². The minimum atomic E-state index is -3.12. The number of carbonyl (C=O) groups is 1. The standard InChI is InChI=1S/C9H8F2N2O5/c1-17-7-5(13(15)16)3-4(9(14)18-2)12-6(7)8(10)11/h3,8H,1-2H3. The average molecular weight is 262 g/mol. The molecular weight excluding hydrogens is 254 g/mol. The van der Waals surface area contributed by atoms with Crippen LogP contribution in [0.2, 0.25) is 0 Å². The fourth-order valence-electron chi connectivity index (χ4n) is 1.24. The highest BCUT2D eigenvalue weighted by Gasteiger charge is 2.29. The van der Waals surface area contributed by atoms with Crippen LogP contribution < -0.4 is 4.74 Å². The molecule has 0 aliphatic heterocycles. The number of methoxy groups -OCH3 is 2. The van der Waals surface area contributed by atoms with E-state index in [1.165, 1.54) is 0 Å². The number of esters is 1. The van der Waals surface area contributed by atoms with Gasteiger partial charge in [-0.05, 0) is 0 Å². The van der Waals surface area contributed by atoms with E-state index in [-0.39, 0.29) is 0 Å². The van der Waals surface area contributed by atoms with Crippen molar-refractivity contribution in [3.8, 4) is 5.75 Å². The van der Waals surface area contributed by atoms with E-state index in [1.54, 1.807) is 0 Å². The lowest BCUT2D eigenvalue weighted by Crippen LogP contribution is -2.10. The number of ether oxygens (including phenoxy) is 2. The fraction of sp³-hybridized carbons (Fsp3) is 0.333. The van der Waals surface area contributed by atoms with Crippen molar-refractivity contribution in [3.63, 3.8) is 0 Å². The van der Waals surface area contributed by atoms with Gasteiger partial charge in [-0.2, -0.15) is 0 Å². The minimum absolute atomic E-state index is 0.583. The van der Waals surface area contributed by atoms with Gasteiger partial charge in [-0.15, -0.1) is 0 Å². The van der Waals surface area contributed by atoms with Crippen LogP contribution in [0.15, 0.2) is 6.07 Å². The first-order valence-electron chi connectivity index (χ1n) is 4.52. The van der Waals surface area contributed by atoms with Crippen LogP contribution in [0.25, 0.3) is 0 Å². The SMILES string of the molecule is COC(=O)c1cc([N+](=O)[O-])c(OC)c(C(F)F)n1. The van der Waals surface area contributed by atoms with Crippen LogP contribution in [-0.2, 0) is 4.74 Å². The van der Waals surface area contributed by atoms with Crippen LogP contribution in [0.1, 0.15) is 22.6 Å². The fourth-order valence-corrected chi connectivity index (χ4v) is 1.24. The number of hydrogen-bond acceptors (Lipinski definition) is 6. The third-order valence-corrected chi connectivity index (χ3v) is 1.98. The molecular formula is C9H8F2N2O5. The Balaban J connectivity index is 3.53. The summed E-state index contributed by atoms with van der Waals surface area (Å²) >= 11 is 0. The lowest BCUT2D eigenvalue weighted by molar-refractivity contribution is -0.386. The Bertz CT molecular complexity index is 492. The molecule has 98 valence electrons. The number of halogens is 2. The van der Waals surface area contributed by atoms with Crippen molar-refractivity contribution in [3.05, 3.63) is 27.6 Å². The van der Waals surface area contributed by atoms with Crippen LogP contribution in [0, 0.1) is 10.1 Å². The van der Waals surface area contributed by atoms with Crippen molar-refractivity contribution in [2.75, 3.05) is 14.2 Å². The molecule has 0 aliphatic rings. The molecule has 1 aromatic rings. The Kier molecular flexibility index (Phi) is 4.08. The zero-order chi connectivity index (χ0) is 13.9. The molecule has 0 aromatic carbocycles. The molecule has 1 rings (SSSR count). The van der Waals surface area contributed by atoms with Gasteiger partial charge < -0.3 is 9.47 Å². The van der Waals surface area contributed by atoms with E-state index in [0.717, 1.165) is 20.3 Å². The quantitative estimate of drug-likeness (QED) is 0.466. The van der Waals surface area contributed by atoms with Crippen LogP contribution in [0.5, 0.6) is 5.75 Å².